The van der Waals surface area contributed by atoms with Crippen LogP contribution in [0.5, 0.6) is 5.75 Å². The fourth-order valence-corrected chi connectivity index (χ4v) is 4.45. The molecule has 0 saturated carbocycles. The minimum absolute atomic E-state index is 0.0161. The molecule has 1 heterocycles. The Labute approximate surface area is 178 Å². The summed E-state index contributed by atoms with van der Waals surface area (Å²) in [5.74, 6) is -1.96. The Morgan fingerprint density at radius 3 is 2.58 bits per heavy atom. The van der Waals surface area contributed by atoms with E-state index in [1.807, 2.05) is 0 Å². The molecule has 1 aromatic heterocycles. The molecule has 0 radical (unpaired) electrons. The van der Waals surface area contributed by atoms with Gasteiger partial charge in [0.2, 0.25) is 5.56 Å². The van der Waals surface area contributed by atoms with E-state index in [9.17, 15) is 32.6 Å². The number of H-pyrrole nitrogens is 1. The van der Waals surface area contributed by atoms with Gasteiger partial charge in [-0.1, -0.05) is 24.6 Å². The number of anilines is 1. The molecule has 10 heteroatoms. The van der Waals surface area contributed by atoms with Gasteiger partial charge in [0, 0.05) is 22.7 Å². The van der Waals surface area contributed by atoms with Crippen LogP contribution in [0.3, 0.4) is 0 Å². The quantitative estimate of drug-likeness (QED) is 0.410. The molecule has 164 valence electrons. The monoisotopic (exact) mass is 456 g/mol. The predicted molar refractivity (Wildman–Crippen MR) is 108 cm³/mol. The van der Waals surface area contributed by atoms with Crippen molar-refractivity contribution in [2.45, 2.75) is 37.1 Å². The number of aromatic hydroxyl groups is 1. The second-order valence-electron chi connectivity index (χ2n) is 7.71. The van der Waals surface area contributed by atoms with Crippen LogP contribution in [0.25, 0.3) is 10.9 Å². The Bertz CT molecular complexity index is 1240. The van der Waals surface area contributed by atoms with Crippen molar-refractivity contribution in [3.05, 3.63) is 68.7 Å². The largest absolute Gasteiger partial charge is 0.506 e. The van der Waals surface area contributed by atoms with Crippen molar-refractivity contribution >= 4 is 28.2 Å². The zero-order chi connectivity index (χ0) is 22.7. The number of pyridine rings is 1. The maximum absolute atomic E-state index is 14.2. The van der Waals surface area contributed by atoms with Crippen LogP contribution >= 0.6 is 11.6 Å². The molecular weight excluding hydrogens is 440 g/mol. The summed E-state index contributed by atoms with van der Waals surface area (Å²) in [6.45, 7) is 1.46. The van der Waals surface area contributed by atoms with E-state index in [0.29, 0.717) is 0 Å². The molecule has 31 heavy (non-hydrogen) atoms. The van der Waals surface area contributed by atoms with Gasteiger partial charge in [-0.15, -0.1) is 0 Å². The predicted octanol–water partition coefficient (Wildman–Crippen LogP) is 4.98. The van der Waals surface area contributed by atoms with Gasteiger partial charge in [-0.25, -0.2) is 4.39 Å². The minimum Gasteiger partial charge on any atom is -0.506 e. The third kappa shape index (κ3) is 3.32. The normalized spacial score (nSPS) is 23.6. The average Bonchev–Trinajstić information content (AvgIpc) is 2.68. The summed E-state index contributed by atoms with van der Waals surface area (Å²) in [7, 11) is 0. The molecule has 0 amide bonds. The van der Waals surface area contributed by atoms with Crippen molar-refractivity contribution < 1.29 is 27.8 Å². The van der Waals surface area contributed by atoms with Crippen LogP contribution in [0.15, 0.2) is 41.2 Å². The molecule has 1 aliphatic carbocycles. The van der Waals surface area contributed by atoms with Crippen LogP contribution in [0.1, 0.15) is 36.4 Å². The number of rotatable bonds is 2. The van der Waals surface area contributed by atoms with E-state index in [2.05, 4.69) is 10.3 Å². The number of aromatic nitrogens is 1. The van der Waals surface area contributed by atoms with Crippen molar-refractivity contribution in [1.82, 2.24) is 4.98 Å². The van der Waals surface area contributed by atoms with Crippen LogP contribution in [-0.4, -0.2) is 27.0 Å². The Balaban J connectivity index is 1.94. The first-order valence-corrected chi connectivity index (χ1v) is 9.70. The van der Waals surface area contributed by atoms with Crippen LogP contribution < -0.4 is 10.9 Å². The number of benzene rings is 2. The van der Waals surface area contributed by atoms with Crippen molar-refractivity contribution in [2.75, 3.05) is 5.32 Å². The Morgan fingerprint density at radius 1 is 1.19 bits per heavy atom. The molecule has 0 bridgehead atoms. The summed E-state index contributed by atoms with van der Waals surface area (Å²) in [6, 6.07) is 5.44. The first-order valence-electron chi connectivity index (χ1n) is 9.32. The molecule has 0 aliphatic heterocycles. The zero-order valence-corrected chi connectivity index (χ0v) is 16.8. The summed E-state index contributed by atoms with van der Waals surface area (Å²) in [5.41, 5.74) is -3.68. The second kappa shape index (κ2) is 7.13. The third-order valence-electron chi connectivity index (χ3n) is 5.74. The molecule has 2 aromatic carbocycles. The Morgan fingerprint density at radius 2 is 1.90 bits per heavy atom. The zero-order valence-electron chi connectivity index (χ0n) is 16.0. The van der Waals surface area contributed by atoms with E-state index in [1.165, 1.54) is 31.2 Å². The van der Waals surface area contributed by atoms with Gasteiger partial charge >= 0.3 is 6.18 Å². The molecule has 0 saturated heterocycles. The van der Waals surface area contributed by atoms with Crippen LogP contribution in [0, 0.1) is 5.82 Å². The highest BCUT2D eigenvalue weighted by Gasteiger charge is 2.62. The lowest BCUT2D eigenvalue weighted by Crippen LogP contribution is -2.55. The van der Waals surface area contributed by atoms with Gasteiger partial charge in [0.1, 0.15) is 11.6 Å². The molecule has 5 nitrogen and oxygen atoms in total. The highest BCUT2D eigenvalue weighted by atomic mass is 35.5. The fourth-order valence-electron chi connectivity index (χ4n) is 4.29. The van der Waals surface area contributed by atoms with Crippen molar-refractivity contribution in [2.24, 2.45) is 0 Å². The van der Waals surface area contributed by atoms with E-state index < -0.39 is 41.5 Å². The summed E-state index contributed by atoms with van der Waals surface area (Å²) >= 11 is 5.96. The topological polar surface area (TPSA) is 85.4 Å². The maximum Gasteiger partial charge on any atom is 0.419 e. The van der Waals surface area contributed by atoms with Crippen LogP contribution in [-0.2, 0) is 0 Å². The van der Waals surface area contributed by atoms with Crippen LogP contribution in [0.4, 0.5) is 23.2 Å². The number of phenolic OH excluding ortho intramolecular Hbond substituents is 1. The number of fused-ring (bicyclic) bond motifs is 2. The molecule has 4 N–H and O–H groups in total. The van der Waals surface area contributed by atoms with E-state index in [-0.39, 0.29) is 38.5 Å². The third-order valence-corrected chi connectivity index (χ3v) is 6.04. The van der Waals surface area contributed by atoms with Crippen molar-refractivity contribution in [3.63, 3.8) is 0 Å². The highest BCUT2D eigenvalue weighted by molar-refractivity contribution is 6.32. The van der Waals surface area contributed by atoms with E-state index in [0.717, 1.165) is 12.1 Å². The van der Waals surface area contributed by atoms with Gasteiger partial charge in [-0.3, -0.25) is 4.79 Å². The first-order chi connectivity index (χ1) is 14.4. The summed E-state index contributed by atoms with van der Waals surface area (Å²) in [4.78, 5) is 13.9. The van der Waals surface area contributed by atoms with Crippen LogP contribution in [0.2, 0.25) is 5.02 Å². The summed E-state index contributed by atoms with van der Waals surface area (Å²) < 4.78 is 56.4. The molecule has 1 aliphatic rings. The van der Waals surface area contributed by atoms with Gasteiger partial charge < -0.3 is 20.5 Å². The second-order valence-corrected chi connectivity index (χ2v) is 8.12. The number of hydrogen-bond acceptors (Lipinski definition) is 4. The molecular formula is C21H17ClF4N2O3. The molecule has 3 atom stereocenters. The molecule has 4 rings (SSSR count). The molecule has 0 spiro atoms. The Hall–Kier alpha value is -2.78. The lowest BCUT2D eigenvalue weighted by Gasteiger charge is -2.45. The summed E-state index contributed by atoms with van der Waals surface area (Å²) in [5, 5.41) is 24.0. The first kappa shape index (κ1) is 21.5. The number of aliphatic hydroxyl groups is 1. The summed E-state index contributed by atoms with van der Waals surface area (Å²) in [6.07, 6.45) is -5.75. The van der Waals surface area contributed by atoms with Gasteiger partial charge in [0.25, 0.3) is 0 Å². The van der Waals surface area contributed by atoms with Gasteiger partial charge in [-0.05, 0) is 42.2 Å². The number of nitrogens with one attached hydrogen (secondary N) is 2. The molecule has 3 aromatic rings. The average molecular weight is 457 g/mol. The SMILES string of the molecule is C[C@H]1C[C@](O)(C(F)(F)F)[C@@H](Nc2ccc(F)c3[nH]c(=O)ccc23)c2ccc(Cl)c(O)c21. The van der Waals surface area contributed by atoms with E-state index in [4.69, 9.17) is 11.6 Å². The number of phenols is 1. The van der Waals surface area contributed by atoms with Gasteiger partial charge in [0.05, 0.1) is 16.6 Å². The Kier molecular flexibility index (Phi) is 4.94. The smallest absolute Gasteiger partial charge is 0.419 e. The number of hydrogen-bond donors (Lipinski definition) is 4. The fraction of sp³-hybridized carbons (Fsp3) is 0.286. The number of aromatic amines is 1. The van der Waals surface area contributed by atoms with E-state index >= 15 is 0 Å². The van der Waals surface area contributed by atoms with Crippen molar-refractivity contribution in [1.29, 1.82) is 0 Å². The molecule has 0 fully saturated rings. The van der Waals surface area contributed by atoms with E-state index in [1.54, 1.807) is 0 Å². The standard InChI is InChI=1S/C21H17ClF4N2O3/c1-9-8-20(31,21(24,25)26)19(11-2-4-12(22)18(30)16(9)11)27-14-6-5-13(23)17-10(14)3-7-15(29)28-17/h2-7,9,19,27,30-31H,8H2,1H3,(H,28,29)/t9-,19-,20+/m0/s1. The van der Waals surface area contributed by atoms with Crippen molar-refractivity contribution in [3.8, 4) is 5.75 Å². The number of halogens is 5. The van der Waals surface area contributed by atoms with Gasteiger partial charge in [-0.2, -0.15) is 13.2 Å². The highest BCUT2D eigenvalue weighted by Crippen LogP contribution is 2.55. The van der Waals surface area contributed by atoms with Gasteiger partial charge in [0.15, 0.2) is 5.60 Å². The lowest BCUT2D eigenvalue weighted by molar-refractivity contribution is -0.272. The minimum atomic E-state index is -5.02. The number of alkyl halides is 3. The molecule has 0 unspecified atom stereocenters. The lowest BCUT2D eigenvalue weighted by atomic mass is 9.70. The maximum atomic E-state index is 14.2.